The quantitative estimate of drug-likeness (QED) is 0.893. The summed E-state index contributed by atoms with van der Waals surface area (Å²) in [6.45, 7) is 5.84. The molecule has 1 aromatic carbocycles. The molecule has 2 rings (SSSR count). The van der Waals surface area contributed by atoms with Crippen molar-refractivity contribution in [3.8, 4) is 0 Å². The highest BCUT2D eigenvalue weighted by atomic mass is 19.2. The first-order valence-electron chi connectivity index (χ1n) is 6.64. The topological polar surface area (TPSA) is 29.5 Å². The highest BCUT2D eigenvalue weighted by Crippen LogP contribution is 2.38. The third-order valence-corrected chi connectivity index (χ3v) is 3.91. The lowest BCUT2D eigenvalue weighted by molar-refractivity contribution is -0.122. The van der Waals surface area contributed by atoms with Gasteiger partial charge in [0.15, 0.2) is 11.6 Å². The maximum atomic E-state index is 14.0. The first-order valence-corrected chi connectivity index (χ1v) is 6.64. The molecular weight excluding hydrogens is 250 g/mol. The van der Waals surface area contributed by atoms with E-state index < -0.39 is 17.2 Å². The normalized spacial score (nSPS) is 27.8. The van der Waals surface area contributed by atoms with E-state index in [1.54, 1.807) is 0 Å². The summed E-state index contributed by atoms with van der Waals surface area (Å²) in [6.07, 6.45) is 0.447. The van der Waals surface area contributed by atoms with Crippen LogP contribution in [0.25, 0.3) is 0 Å². The minimum atomic E-state index is -1.34. The van der Waals surface area contributed by atoms with Gasteiger partial charge in [-0.15, -0.1) is 0 Å². The maximum Gasteiger partial charge on any atom is 0.165 e. The molecule has 1 fully saturated rings. The van der Waals surface area contributed by atoms with Crippen LogP contribution in [0, 0.1) is 24.5 Å². The average Bonchev–Trinajstić information content (AvgIpc) is 2.35. The number of benzene rings is 1. The van der Waals surface area contributed by atoms with Crippen LogP contribution in [0.3, 0.4) is 0 Å². The summed E-state index contributed by atoms with van der Waals surface area (Å²) in [5.41, 5.74) is -1.05. The van der Waals surface area contributed by atoms with Gasteiger partial charge in [0.1, 0.15) is 0 Å². The standard InChI is InChI=1S/C15H20F2O2/c1-9(2)12-8-15(18,6-7-19-12)11-5-4-10(3)13(16)14(11)17/h4-5,9,12,18H,6-8H2,1-3H3. The predicted octanol–water partition coefficient (Wildman–Crippen LogP) is 3.30. The molecule has 1 aliphatic rings. The lowest BCUT2D eigenvalue weighted by Crippen LogP contribution is -2.41. The third-order valence-electron chi connectivity index (χ3n) is 3.91. The largest absolute Gasteiger partial charge is 0.385 e. The Morgan fingerprint density at radius 2 is 2.00 bits per heavy atom. The summed E-state index contributed by atoms with van der Waals surface area (Å²) in [7, 11) is 0. The highest BCUT2D eigenvalue weighted by molar-refractivity contribution is 5.30. The molecule has 0 aromatic heterocycles. The number of hydrogen-bond donors (Lipinski definition) is 1. The van der Waals surface area contributed by atoms with E-state index in [1.165, 1.54) is 19.1 Å². The van der Waals surface area contributed by atoms with Crippen molar-refractivity contribution in [1.82, 2.24) is 0 Å². The first kappa shape index (κ1) is 14.4. The van der Waals surface area contributed by atoms with Crippen molar-refractivity contribution in [3.63, 3.8) is 0 Å². The van der Waals surface area contributed by atoms with Gasteiger partial charge >= 0.3 is 0 Å². The second-order valence-electron chi connectivity index (χ2n) is 5.70. The Morgan fingerprint density at radius 3 is 2.63 bits per heavy atom. The summed E-state index contributed by atoms with van der Waals surface area (Å²) in [5.74, 6) is -1.59. The van der Waals surface area contributed by atoms with E-state index in [0.29, 0.717) is 13.0 Å². The van der Waals surface area contributed by atoms with Gasteiger partial charge in [0.2, 0.25) is 0 Å². The molecule has 0 amide bonds. The zero-order valence-electron chi connectivity index (χ0n) is 11.5. The lowest BCUT2D eigenvalue weighted by atomic mass is 9.80. The Hall–Kier alpha value is -1.00. The molecule has 2 nitrogen and oxygen atoms in total. The van der Waals surface area contributed by atoms with Gasteiger partial charge in [-0.2, -0.15) is 0 Å². The number of hydrogen-bond acceptors (Lipinski definition) is 2. The van der Waals surface area contributed by atoms with Crippen molar-refractivity contribution in [3.05, 3.63) is 34.9 Å². The number of rotatable bonds is 2. The zero-order chi connectivity index (χ0) is 14.2. The van der Waals surface area contributed by atoms with E-state index in [9.17, 15) is 13.9 Å². The predicted molar refractivity (Wildman–Crippen MR) is 68.8 cm³/mol. The molecule has 0 aliphatic carbocycles. The molecule has 1 saturated heterocycles. The zero-order valence-corrected chi connectivity index (χ0v) is 11.5. The summed E-state index contributed by atoms with van der Waals surface area (Å²) in [5, 5.41) is 10.7. The van der Waals surface area contributed by atoms with E-state index in [0.717, 1.165) is 0 Å². The highest BCUT2D eigenvalue weighted by Gasteiger charge is 2.40. The molecule has 1 heterocycles. The van der Waals surface area contributed by atoms with E-state index >= 15 is 0 Å². The van der Waals surface area contributed by atoms with Crippen LogP contribution >= 0.6 is 0 Å². The van der Waals surface area contributed by atoms with Crippen LogP contribution in [0.4, 0.5) is 8.78 Å². The molecule has 1 aromatic rings. The maximum absolute atomic E-state index is 14.0. The van der Waals surface area contributed by atoms with Crippen molar-refractivity contribution >= 4 is 0 Å². The molecule has 0 radical (unpaired) electrons. The van der Waals surface area contributed by atoms with Crippen molar-refractivity contribution in [2.45, 2.75) is 45.3 Å². The van der Waals surface area contributed by atoms with E-state index in [2.05, 4.69) is 0 Å². The van der Waals surface area contributed by atoms with Crippen LogP contribution in [0.15, 0.2) is 12.1 Å². The van der Waals surface area contributed by atoms with E-state index in [4.69, 9.17) is 4.74 Å². The molecule has 2 unspecified atom stereocenters. The third kappa shape index (κ3) is 2.65. The second kappa shape index (κ2) is 5.17. The summed E-state index contributed by atoms with van der Waals surface area (Å²) in [6, 6.07) is 2.99. The minimum Gasteiger partial charge on any atom is -0.385 e. The number of halogens is 2. The van der Waals surface area contributed by atoms with Crippen LogP contribution in [0.5, 0.6) is 0 Å². The van der Waals surface area contributed by atoms with Gasteiger partial charge in [-0.1, -0.05) is 26.0 Å². The molecule has 19 heavy (non-hydrogen) atoms. The summed E-state index contributed by atoms with van der Waals surface area (Å²) in [4.78, 5) is 0. The van der Waals surface area contributed by atoms with Crippen LogP contribution in [0.1, 0.15) is 37.8 Å². The van der Waals surface area contributed by atoms with E-state index in [-0.39, 0.29) is 29.6 Å². The Kier molecular flexibility index (Phi) is 3.92. The molecule has 0 spiro atoms. The second-order valence-corrected chi connectivity index (χ2v) is 5.70. The van der Waals surface area contributed by atoms with Crippen molar-refractivity contribution < 1.29 is 18.6 Å². The van der Waals surface area contributed by atoms with Gasteiger partial charge < -0.3 is 9.84 Å². The Labute approximate surface area is 112 Å². The molecule has 106 valence electrons. The van der Waals surface area contributed by atoms with Gasteiger partial charge in [0, 0.05) is 18.4 Å². The fraction of sp³-hybridized carbons (Fsp3) is 0.600. The monoisotopic (exact) mass is 270 g/mol. The van der Waals surface area contributed by atoms with Crippen LogP contribution < -0.4 is 0 Å². The van der Waals surface area contributed by atoms with Gasteiger partial charge in [0.25, 0.3) is 0 Å². The van der Waals surface area contributed by atoms with Crippen molar-refractivity contribution in [1.29, 1.82) is 0 Å². The number of ether oxygens (including phenoxy) is 1. The van der Waals surface area contributed by atoms with Crippen LogP contribution in [-0.4, -0.2) is 17.8 Å². The Bertz CT molecular complexity index is 473. The average molecular weight is 270 g/mol. The van der Waals surface area contributed by atoms with Gasteiger partial charge in [-0.3, -0.25) is 0 Å². The van der Waals surface area contributed by atoms with Gasteiger partial charge in [-0.25, -0.2) is 8.78 Å². The summed E-state index contributed by atoms with van der Waals surface area (Å²) >= 11 is 0. The van der Waals surface area contributed by atoms with Crippen molar-refractivity contribution in [2.24, 2.45) is 5.92 Å². The minimum absolute atomic E-state index is 0.0459. The first-order chi connectivity index (χ1) is 8.85. The van der Waals surface area contributed by atoms with Gasteiger partial charge in [0.05, 0.1) is 18.3 Å². The molecule has 2 atom stereocenters. The number of aryl methyl sites for hydroxylation is 1. The van der Waals surface area contributed by atoms with Crippen LogP contribution in [-0.2, 0) is 10.3 Å². The fourth-order valence-corrected chi connectivity index (χ4v) is 2.55. The Balaban J connectivity index is 2.37. The molecule has 1 N–H and O–H groups in total. The molecule has 0 bridgehead atoms. The lowest BCUT2D eigenvalue weighted by Gasteiger charge is -2.39. The van der Waals surface area contributed by atoms with Crippen molar-refractivity contribution in [2.75, 3.05) is 6.61 Å². The smallest absolute Gasteiger partial charge is 0.165 e. The SMILES string of the molecule is Cc1ccc(C2(O)CCOC(C(C)C)C2)c(F)c1F. The van der Waals surface area contributed by atoms with Gasteiger partial charge in [-0.05, 0) is 18.4 Å². The van der Waals surface area contributed by atoms with Crippen LogP contribution in [0.2, 0.25) is 0 Å². The summed E-state index contributed by atoms with van der Waals surface area (Å²) < 4.78 is 33.3. The molecule has 0 saturated carbocycles. The fourth-order valence-electron chi connectivity index (χ4n) is 2.55. The number of aliphatic hydroxyl groups is 1. The molecular formula is C15H20F2O2. The molecule has 4 heteroatoms. The molecule has 1 aliphatic heterocycles. The Morgan fingerprint density at radius 1 is 1.32 bits per heavy atom. The van der Waals surface area contributed by atoms with E-state index in [1.807, 2.05) is 13.8 Å².